The van der Waals surface area contributed by atoms with Gasteiger partial charge in [0, 0.05) is 6.07 Å². The predicted molar refractivity (Wildman–Crippen MR) is 73.0 cm³/mol. The van der Waals surface area contributed by atoms with Gasteiger partial charge in [-0.1, -0.05) is 28.9 Å². The molecule has 0 saturated carbocycles. The SMILES string of the molecule is Cc1ccc([C@H](C)NC(=O)c2cc(C)on2)c(C)c1. The summed E-state index contributed by atoms with van der Waals surface area (Å²) in [5.74, 6) is 0.411. The van der Waals surface area contributed by atoms with Crippen LogP contribution in [0.2, 0.25) is 0 Å². The number of rotatable bonds is 3. The van der Waals surface area contributed by atoms with Gasteiger partial charge in [-0.25, -0.2) is 0 Å². The van der Waals surface area contributed by atoms with Gasteiger partial charge in [0.15, 0.2) is 5.69 Å². The first-order valence-electron chi connectivity index (χ1n) is 6.28. The maximum absolute atomic E-state index is 12.0. The first kappa shape index (κ1) is 13.3. The number of hydrogen-bond acceptors (Lipinski definition) is 3. The van der Waals surface area contributed by atoms with Crippen molar-refractivity contribution in [3.63, 3.8) is 0 Å². The van der Waals surface area contributed by atoms with Gasteiger partial charge in [0.05, 0.1) is 6.04 Å². The number of nitrogens with one attached hydrogen (secondary N) is 1. The van der Waals surface area contributed by atoms with Crippen LogP contribution >= 0.6 is 0 Å². The minimum absolute atomic E-state index is 0.0647. The van der Waals surface area contributed by atoms with Crippen LogP contribution in [0.1, 0.15) is 45.9 Å². The Kier molecular flexibility index (Phi) is 3.69. The van der Waals surface area contributed by atoms with Crippen LogP contribution in [0.3, 0.4) is 0 Å². The molecule has 1 amide bonds. The van der Waals surface area contributed by atoms with E-state index in [0.717, 1.165) is 5.56 Å². The Hall–Kier alpha value is -2.10. The highest BCUT2D eigenvalue weighted by Gasteiger charge is 2.15. The Balaban J connectivity index is 2.12. The Morgan fingerprint density at radius 3 is 2.58 bits per heavy atom. The Bertz CT molecular complexity index is 602. The first-order valence-corrected chi connectivity index (χ1v) is 6.28. The second-order valence-corrected chi connectivity index (χ2v) is 4.88. The fourth-order valence-corrected chi connectivity index (χ4v) is 2.13. The number of benzene rings is 1. The fourth-order valence-electron chi connectivity index (χ4n) is 2.13. The molecule has 1 atom stereocenters. The summed E-state index contributed by atoms with van der Waals surface area (Å²) in [5.41, 5.74) is 3.81. The van der Waals surface area contributed by atoms with Crippen molar-refractivity contribution >= 4 is 5.91 Å². The number of nitrogens with zero attached hydrogens (tertiary/aromatic N) is 1. The molecule has 100 valence electrons. The zero-order chi connectivity index (χ0) is 14.0. The maximum atomic E-state index is 12.0. The molecule has 4 nitrogen and oxygen atoms in total. The van der Waals surface area contributed by atoms with Gasteiger partial charge in [-0.05, 0) is 38.8 Å². The Morgan fingerprint density at radius 1 is 1.26 bits per heavy atom. The topological polar surface area (TPSA) is 55.1 Å². The van der Waals surface area contributed by atoms with E-state index in [9.17, 15) is 4.79 Å². The van der Waals surface area contributed by atoms with Crippen molar-refractivity contribution in [3.8, 4) is 0 Å². The van der Waals surface area contributed by atoms with Crippen molar-refractivity contribution in [2.75, 3.05) is 0 Å². The van der Waals surface area contributed by atoms with Crippen molar-refractivity contribution in [2.24, 2.45) is 0 Å². The molecule has 1 aromatic heterocycles. The third kappa shape index (κ3) is 3.02. The summed E-state index contributed by atoms with van der Waals surface area (Å²) >= 11 is 0. The molecule has 0 radical (unpaired) electrons. The molecule has 2 rings (SSSR count). The molecule has 19 heavy (non-hydrogen) atoms. The van der Waals surface area contributed by atoms with Gasteiger partial charge >= 0.3 is 0 Å². The third-order valence-electron chi connectivity index (χ3n) is 3.10. The van der Waals surface area contributed by atoms with E-state index in [0.29, 0.717) is 11.5 Å². The van der Waals surface area contributed by atoms with E-state index in [1.807, 2.05) is 26.0 Å². The highest BCUT2D eigenvalue weighted by atomic mass is 16.5. The number of aryl methyl sites for hydroxylation is 3. The Labute approximate surface area is 112 Å². The summed E-state index contributed by atoms with van der Waals surface area (Å²) in [6.45, 7) is 7.82. The average molecular weight is 258 g/mol. The molecule has 1 heterocycles. The molecule has 0 bridgehead atoms. The van der Waals surface area contributed by atoms with Crippen molar-refractivity contribution in [3.05, 3.63) is 52.4 Å². The molecule has 0 spiro atoms. The minimum Gasteiger partial charge on any atom is -0.361 e. The quantitative estimate of drug-likeness (QED) is 0.920. The van der Waals surface area contributed by atoms with Crippen molar-refractivity contribution in [1.82, 2.24) is 10.5 Å². The number of carbonyl (C=O) groups is 1. The molecule has 0 unspecified atom stereocenters. The zero-order valence-corrected chi connectivity index (χ0v) is 11.7. The summed E-state index contributed by atoms with van der Waals surface area (Å²) in [6.07, 6.45) is 0. The van der Waals surface area contributed by atoms with Crippen molar-refractivity contribution < 1.29 is 9.32 Å². The molecule has 1 N–H and O–H groups in total. The smallest absolute Gasteiger partial charge is 0.273 e. The molecular formula is C15H18N2O2. The molecule has 2 aromatic rings. The van der Waals surface area contributed by atoms with E-state index < -0.39 is 0 Å². The van der Waals surface area contributed by atoms with Gasteiger partial charge in [0.1, 0.15) is 5.76 Å². The van der Waals surface area contributed by atoms with E-state index in [2.05, 4.69) is 23.5 Å². The maximum Gasteiger partial charge on any atom is 0.273 e. The van der Waals surface area contributed by atoms with Crippen LogP contribution in [0, 0.1) is 20.8 Å². The molecule has 1 aromatic carbocycles. The minimum atomic E-state index is -0.218. The standard InChI is InChI=1S/C15H18N2O2/c1-9-5-6-13(10(2)7-9)12(4)16-15(18)14-8-11(3)19-17-14/h5-8,12H,1-4H3,(H,16,18)/t12-/m0/s1. The van der Waals surface area contributed by atoms with Crippen LogP contribution in [0.5, 0.6) is 0 Å². The van der Waals surface area contributed by atoms with Crippen LogP contribution in [0.4, 0.5) is 0 Å². The number of carbonyl (C=O) groups excluding carboxylic acids is 1. The summed E-state index contributed by atoms with van der Waals surface area (Å²) in [6, 6.07) is 7.77. The molecule has 0 aliphatic carbocycles. The van der Waals surface area contributed by atoms with Gasteiger partial charge in [-0.3, -0.25) is 4.79 Å². The second-order valence-electron chi connectivity index (χ2n) is 4.88. The fraction of sp³-hybridized carbons (Fsp3) is 0.333. The normalized spacial score (nSPS) is 12.2. The second kappa shape index (κ2) is 5.26. The lowest BCUT2D eigenvalue weighted by Gasteiger charge is -2.16. The van der Waals surface area contributed by atoms with Crippen molar-refractivity contribution in [1.29, 1.82) is 0 Å². The number of hydrogen-bond donors (Lipinski definition) is 1. The summed E-state index contributed by atoms with van der Waals surface area (Å²) in [7, 11) is 0. The van der Waals surface area contributed by atoms with E-state index in [4.69, 9.17) is 4.52 Å². The van der Waals surface area contributed by atoms with Gasteiger partial charge in [0.25, 0.3) is 5.91 Å². The highest BCUT2D eigenvalue weighted by molar-refractivity contribution is 5.92. The van der Waals surface area contributed by atoms with E-state index in [1.54, 1.807) is 13.0 Å². The summed E-state index contributed by atoms with van der Waals surface area (Å²) in [5, 5.41) is 6.64. The molecule has 0 aliphatic rings. The van der Waals surface area contributed by atoms with Crippen LogP contribution in [0.15, 0.2) is 28.8 Å². The van der Waals surface area contributed by atoms with Gasteiger partial charge < -0.3 is 9.84 Å². The van der Waals surface area contributed by atoms with Crippen LogP contribution in [-0.2, 0) is 0 Å². The predicted octanol–water partition coefficient (Wildman–Crippen LogP) is 3.09. The molecule has 0 saturated heterocycles. The zero-order valence-electron chi connectivity index (χ0n) is 11.7. The van der Waals surface area contributed by atoms with Gasteiger partial charge in [-0.15, -0.1) is 0 Å². The van der Waals surface area contributed by atoms with E-state index >= 15 is 0 Å². The van der Waals surface area contributed by atoms with Crippen LogP contribution < -0.4 is 5.32 Å². The monoisotopic (exact) mass is 258 g/mol. The largest absolute Gasteiger partial charge is 0.361 e. The first-order chi connectivity index (χ1) is 8.97. The van der Waals surface area contributed by atoms with Crippen LogP contribution in [-0.4, -0.2) is 11.1 Å². The third-order valence-corrected chi connectivity index (χ3v) is 3.10. The van der Waals surface area contributed by atoms with Crippen molar-refractivity contribution in [2.45, 2.75) is 33.7 Å². The molecule has 0 fully saturated rings. The van der Waals surface area contributed by atoms with Crippen LogP contribution in [0.25, 0.3) is 0 Å². The summed E-state index contributed by atoms with van der Waals surface area (Å²) in [4.78, 5) is 12.0. The van der Waals surface area contributed by atoms with E-state index in [1.165, 1.54) is 11.1 Å². The highest BCUT2D eigenvalue weighted by Crippen LogP contribution is 2.19. The molecular weight excluding hydrogens is 240 g/mol. The Morgan fingerprint density at radius 2 is 2.00 bits per heavy atom. The number of aromatic nitrogens is 1. The van der Waals surface area contributed by atoms with E-state index in [-0.39, 0.29) is 11.9 Å². The molecule has 0 aliphatic heterocycles. The molecule has 4 heteroatoms. The lowest BCUT2D eigenvalue weighted by atomic mass is 10.0. The van der Waals surface area contributed by atoms with Gasteiger partial charge in [0.2, 0.25) is 0 Å². The van der Waals surface area contributed by atoms with Gasteiger partial charge in [-0.2, -0.15) is 0 Å². The number of amides is 1. The lowest BCUT2D eigenvalue weighted by Crippen LogP contribution is -2.27. The lowest BCUT2D eigenvalue weighted by molar-refractivity contribution is 0.0930. The average Bonchev–Trinajstić information content (AvgIpc) is 2.75. The summed E-state index contributed by atoms with van der Waals surface area (Å²) < 4.78 is 4.90.